The van der Waals surface area contributed by atoms with Crippen LogP contribution in [0, 0.1) is 19.8 Å². The molecule has 2 N–H and O–H groups in total. The van der Waals surface area contributed by atoms with Crippen LogP contribution in [0.2, 0.25) is 0 Å². The molecule has 1 aliphatic carbocycles. The van der Waals surface area contributed by atoms with Gasteiger partial charge in [0.2, 0.25) is 0 Å². The summed E-state index contributed by atoms with van der Waals surface area (Å²) < 4.78 is 0. The average molecular weight is 245 g/mol. The van der Waals surface area contributed by atoms with E-state index in [4.69, 9.17) is 5.73 Å². The van der Waals surface area contributed by atoms with E-state index in [1.54, 1.807) is 0 Å². The van der Waals surface area contributed by atoms with Gasteiger partial charge in [-0.1, -0.05) is 44.4 Å². The smallest absolute Gasteiger partial charge is 0.0409 e. The quantitative estimate of drug-likeness (QED) is 0.765. The number of hydrogen-bond donors (Lipinski definition) is 1. The fraction of sp³-hybridized carbons (Fsp3) is 0.647. The standard InChI is InChI=1S/C17H27N/c1-4-15-6-5-10-17(18,11-9-15)16-8-7-13(2)14(3)12-16/h7-8,12,15H,4-6,9-11,18H2,1-3H3. The van der Waals surface area contributed by atoms with Gasteiger partial charge < -0.3 is 5.73 Å². The molecule has 0 bridgehead atoms. The second-order valence-electron chi connectivity index (χ2n) is 6.16. The Morgan fingerprint density at radius 2 is 1.94 bits per heavy atom. The lowest BCUT2D eigenvalue weighted by Gasteiger charge is -2.29. The van der Waals surface area contributed by atoms with Crippen molar-refractivity contribution in [2.45, 2.75) is 64.8 Å². The monoisotopic (exact) mass is 245 g/mol. The van der Waals surface area contributed by atoms with Crippen molar-refractivity contribution < 1.29 is 0 Å². The Morgan fingerprint density at radius 1 is 1.17 bits per heavy atom. The first-order valence-corrected chi connectivity index (χ1v) is 7.42. The van der Waals surface area contributed by atoms with Gasteiger partial charge >= 0.3 is 0 Å². The van der Waals surface area contributed by atoms with E-state index in [1.165, 1.54) is 42.4 Å². The van der Waals surface area contributed by atoms with E-state index >= 15 is 0 Å². The van der Waals surface area contributed by atoms with Gasteiger partial charge in [-0.2, -0.15) is 0 Å². The van der Waals surface area contributed by atoms with E-state index in [2.05, 4.69) is 39.0 Å². The van der Waals surface area contributed by atoms with E-state index < -0.39 is 0 Å². The van der Waals surface area contributed by atoms with Crippen molar-refractivity contribution in [1.82, 2.24) is 0 Å². The van der Waals surface area contributed by atoms with Crippen LogP contribution < -0.4 is 5.73 Å². The minimum atomic E-state index is -0.0810. The normalized spacial score (nSPS) is 29.0. The summed E-state index contributed by atoms with van der Waals surface area (Å²) in [7, 11) is 0. The lowest BCUT2D eigenvalue weighted by atomic mass is 9.82. The lowest BCUT2D eigenvalue weighted by Crippen LogP contribution is -2.36. The van der Waals surface area contributed by atoms with Crippen molar-refractivity contribution in [1.29, 1.82) is 0 Å². The fourth-order valence-electron chi connectivity index (χ4n) is 3.19. The topological polar surface area (TPSA) is 26.0 Å². The third-order valence-electron chi connectivity index (χ3n) is 4.89. The highest BCUT2D eigenvalue weighted by Crippen LogP contribution is 2.37. The maximum atomic E-state index is 6.72. The Balaban J connectivity index is 2.21. The first kappa shape index (κ1) is 13.6. The van der Waals surface area contributed by atoms with Crippen LogP contribution in [-0.2, 0) is 5.54 Å². The Morgan fingerprint density at radius 3 is 2.61 bits per heavy atom. The van der Waals surface area contributed by atoms with Crippen LogP contribution in [0.5, 0.6) is 0 Å². The molecule has 0 aromatic heterocycles. The maximum absolute atomic E-state index is 6.72. The van der Waals surface area contributed by atoms with Crippen LogP contribution in [0.25, 0.3) is 0 Å². The van der Waals surface area contributed by atoms with Gasteiger partial charge in [-0.05, 0) is 55.7 Å². The summed E-state index contributed by atoms with van der Waals surface area (Å²) in [6, 6.07) is 6.78. The van der Waals surface area contributed by atoms with Crippen LogP contribution in [0.15, 0.2) is 18.2 Å². The summed E-state index contributed by atoms with van der Waals surface area (Å²) in [4.78, 5) is 0. The second-order valence-corrected chi connectivity index (χ2v) is 6.16. The van der Waals surface area contributed by atoms with Crippen molar-refractivity contribution in [3.05, 3.63) is 34.9 Å². The molecule has 0 amide bonds. The maximum Gasteiger partial charge on any atom is 0.0409 e. The SMILES string of the molecule is CCC1CCCC(N)(c2ccc(C)c(C)c2)CC1. The number of hydrogen-bond acceptors (Lipinski definition) is 1. The number of aryl methyl sites for hydroxylation is 2. The average Bonchev–Trinajstić information content (AvgIpc) is 2.55. The minimum Gasteiger partial charge on any atom is -0.321 e. The molecule has 1 aromatic rings. The van der Waals surface area contributed by atoms with Crippen LogP contribution in [0.1, 0.15) is 62.1 Å². The Kier molecular flexibility index (Phi) is 4.11. The van der Waals surface area contributed by atoms with Crippen molar-refractivity contribution in [3.8, 4) is 0 Å². The molecule has 1 aromatic carbocycles. The van der Waals surface area contributed by atoms with E-state index in [1.807, 2.05) is 0 Å². The molecule has 1 aliphatic rings. The van der Waals surface area contributed by atoms with Crippen LogP contribution in [-0.4, -0.2) is 0 Å². The van der Waals surface area contributed by atoms with Gasteiger partial charge in [-0.15, -0.1) is 0 Å². The van der Waals surface area contributed by atoms with Crippen LogP contribution in [0.4, 0.5) is 0 Å². The first-order valence-electron chi connectivity index (χ1n) is 7.42. The Bertz CT molecular complexity index is 410. The predicted octanol–water partition coefficient (Wildman–Crippen LogP) is 4.45. The molecule has 18 heavy (non-hydrogen) atoms. The molecule has 1 nitrogen and oxygen atoms in total. The summed E-state index contributed by atoms with van der Waals surface area (Å²) in [5.74, 6) is 0.891. The molecule has 1 heteroatoms. The molecule has 0 saturated heterocycles. The molecule has 0 heterocycles. The number of nitrogens with two attached hydrogens (primary N) is 1. The summed E-state index contributed by atoms with van der Waals surface area (Å²) >= 11 is 0. The van der Waals surface area contributed by atoms with Gasteiger partial charge in [0.05, 0.1) is 0 Å². The van der Waals surface area contributed by atoms with Gasteiger partial charge in [-0.3, -0.25) is 0 Å². The minimum absolute atomic E-state index is 0.0810. The second kappa shape index (κ2) is 5.44. The highest BCUT2D eigenvalue weighted by atomic mass is 14.7. The summed E-state index contributed by atoms with van der Waals surface area (Å²) in [6.45, 7) is 6.67. The van der Waals surface area contributed by atoms with E-state index in [9.17, 15) is 0 Å². The lowest BCUT2D eigenvalue weighted by molar-refractivity contribution is 0.371. The van der Waals surface area contributed by atoms with Gasteiger partial charge in [0, 0.05) is 5.54 Å². The van der Waals surface area contributed by atoms with E-state index in [0.29, 0.717) is 0 Å². The third-order valence-corrected chi connectivity index (χ3v) is 4.89. The molecular formula is C17H27N. The highest BCUT2D eigenvalue weighted by Gasteiger charge is 2.30. The first-order chi connectivity index (χ1) is 8.55. The van der Waals surface area contributed by atoms with E-state index in [-0.39, 0.29) is 5.54 Å². The van der Waals surface area contributed by atoms with Gasteiger partial charge in [-0.25, -0.2) is 0 Å². The Labute approximate surface area is 112 Å². The van der Waals surface area contributed by atoms with Crippen molar-refractivity contribution in [2.75, 3.05) is 0 Å². The fourth-order valence-corrected chi connectivity index (χ4v) is 3.19. The molecule has 0 spiro atoms. The predicted molar refractivity (Wildman–Crippen MR) is 78.6 cm³/mol. The third kappa shape index (κ3) is 2.77. The molecule has 0 aliphatic heterocycles. The van der Waals surface area contributed by atoms with Gasteiger partial charge in [0.25, 0.3) is 0 Å². The highest BCUT2D eigenvalue weighted by molar-refractivity contribution is 5.34. The zero-order chi connectivity index (χ0) is 13.2. The summed E-state index contributed by atoms with van der Waals surface area (Å²) in [6.07, 6.45) is 7.53. The largest absolute Gasteiger partial charge is 0.321 e. The van der Waals surface area contributed by atoms with Gasteiger partial charge in [0.15, 0.2) is 0 Å². The van der Waals surface area contributed by atoms with Crippen LogP contribution in [0.3, 0.4) is 0 Å². The molecule has 100 valence electrons. The molecular weight excluding hydrogens is 218 g/mol. The Hall–Kier alpha value is -0.820. The molecule has 0 radical (unpaired) electrons. The number of rotatable bonds is 2. The van der Waals surface area contributed by atoms with Crippen molar-refractivity contribution >= 4 is 0 Å². The molecule has 2 unspecified atom stereocenters. The molecule has 2 rings (SSSR count). The van der Waals surface area contributed by atoms with Gasteiger partial charge in [0.1, 0.15) is 0 Å². The van der Waals surface area contributed by atoms with Crippen LogP contribution >= 0.6 is 0 Å². The zero-order valence-electron chi connectivity index (χ0n) is 12.1. The molecule has 1 saturated carbocycles. The zero-order valence-corrected chi connectivity index (χ0v) is 12.1. The van der Waals surface area contributed by atoms with Crippen molar-refractivity contribution in [2.24, 2.45) is 11.7 Å². The van der Waals surface area contributed by atoms with Crippen molar-refractivity contribution in [3.63, 3.8) is 0 Å². The summed E-state index contributed by atoms with van der Waals surface area (Å²) in [5.41, 5.74) is 10.7. The van der Waals surface area contributed by atoms with E-state index in [0.717, 1.165) is 18.8 Å². The molecule has 1 fully saturated rings. The molecule has 2 atom stereocenters. The number of benzene rings is 1. The summed E-state index contributed by atoms with van der Waals surface area (Å²) in [5, 5.41) is 0.